The molecule has 0 aliphatic carbocycles. The molecule has 1 aromatic carbocycles. The van der Waals surface area contributed by atoms with Gasteiger partial charge in [-0.15, -0.1) is 0 Å². The summed E-state index contributed by atoms with van der Waals surface area (Å²) < 4.78 is 10.9. The number of carbonyl (C=O) groups excluding carboxylic acids is 1. The Morgan fingerprint density at radius 1 is 1.14 bits per heavy atom. The quantitative estimate of drug-likeness (QED) is 0.850. The van der Waals surface area contributed by atoms with Crippen molar-refractivity contribution in [3.05, 3.63) is 59.8 Å². The normalized spacial score (nSPS) is 15.5. The smallest absolute Gasteiger partial charge is 0.328 e. The largest absolute Gasteiger partial charge is 0.478 e. The Morgan fingerprint density at radius 2 is 1.91 bits per heavy atom. The number of hydrogen-bond acceptors (Lipinski definition) is 4. The van der Waals surface area contributed by atoms with E-state index in [1.54, 1.807) is 36.4 Å². The van der Waals surface area contributed by atoms with Crippen LogP contribution < -0.4 is 10.1 Å². The zero-order chi connectivity index (χ0) is 15.5. The van der Waals surface area contributed by atoms with Crippen molar-refractivity contribution < 1.29 is 23.8 Å². The van der Waals surface area contributed by atoms with Crippen LogP contribution in [0.4, 0.5) is 5.69 Å². The summed E-state index contributed by atoms with van der Waals surface area (Å²) in [7, 11) is 0. The molecule has 1 aromatic heterocycles. The number of amides is 1. The fraction of sp³-hybridized carbons (Fsp3) is 0. The van der Waals surface area contributed by atoms with Gasteiger partial charge in [-0.3, -0.25) is 4.79 Å². The maximum atomic E-state index is 11.9. The lowest BCUT2D eigenvalue weighted by Gasteiger charge is -2.19. The molecule has 0 atom stereocenters. The molecule has 0 bridgehead atoms. The van der Waals surface area contributed by atoms with Crippen molar-refractivity contribution in [2.45, 2.75) is 0 Å². The summed E-state index contributed by atoms with van der Waals surface area (Å²) in [6, 6.07) is 10.3. The average molecular weight is 297 g/mol. The van der Waals surface area contributed by atoms with E-state index in [1.807, 2.05) is 0 Å². The van der Waals surface area contributed by atoms with E-state index in [0.717, 1.165) is 6.08 Å². The third kappa shape index (κ3) is 2.90. The molecule has 22 heavy (non-hydrogen) atoms. The fourth-order valence-electron chi connectivity index (χ4n) is 1.92. The fourth-order valence-corrected chi connectivity index (χ4v) is 1.92. The standard InChI is InChI=1S/C16H11NO5/c18-15(19)8-7-10-5-6-11(21-10)9-14-16(20)17-12-3-1-2-4-13(12)22-14/h1-9H,(H,17,20)(H,18,19)/b8-7+,14-9-. The maximum absolute atomic E-state index is 11.9. The van der Waals surface area contributed by atoms with E-state index in [0.29, 0.717) is 23.0 Å². The topological polar surface area (TPSA) is 88.8 Å². The number of aliphatic carboxylic acids is 1. The van der Waals surface area contributed by atoms with E-state index in [1.165, 1.54) is 12.2 Å². The van der Waals surface area contributed by atoms with E-state index in [4.69, 9.17) is 14.3 Å². The van der Waals surface area contributed by atoms with Crippen LogP contribution in [0.5, 0.6) is 5.75 Å². The van der Waals surface area contributed by atoms with Crippen LogP contribution in [0, 0.1) is 0 Å². The molecular weight excluding hydrogens is 286 g/mol. The maximum Gasteiger partial charge on any atom is 0.328 e. The monoisotopic (exact) mass is 297 g/mol. The highest BCUT2D eigenvalue weighted by atomic mass is 16.5. The van der Waals surface area contributed by atoms with Crippen LogP contribution in [0.3, 0.4) is 0 Å². The molecule has 2 heterocycles. The molecule has 1 amide bonds. The second-order valence-electron chi connectivity index (χ2n) is 4.47. The molecule has 6 heteroatoms. The number of hydrogen-bond donors (Lipinski definition) is 2. The number of rotatable bonds is 3. The third-order valence-corrected chi connectivity index (χ3v) is 2.89. The van der Waals surface area contributed by atoms with Crippen LogP contribution in [-0.2, 0) is 9.59 Å². The Bertz CT molecular complexity index is 800. The predicted molar refractivity (Wildman–Crippen MR) is 79.1 cm³/mol. The zero-order valence-corrected chi connectivity index (χ0v) is 11.3. The Morgan fingerprint density at radius 3 is 2.73 bits per heavy atom. The Balaban J connectivity index is 1.84. The number of carboxylic acids is 1. The first-order chi connectivity index (χ1) is 10.6. The van der Waals surface area contributed by atoms with Gasteiger partial charge in [0.2, 0.25) is 0 Å². The van der Waals surface area contributed by atoms with Gasteiger partial charge in [-0.25, -0.2) is 4.79 Å². The number of carbonyl (C=O) groups is 2. The molecule has 0 saturated carbocycles. The van der Waals surface area contributed by atoms with Crippen LogP contribution in [0.25, 0.3) is 12.2 Å². The van der Waals surface area contributed by atoms with Gasteiger partial charge in [0, 0.05) is 12.2 Å². The summed E-state index contributed by atoms with van der Waals surface area (Å²) in [5.41, 5.74) is 0.606. The third-order valence-electron chi connectivity index (χ3n) is 2.89. The molecular formula is C16H11NO5. The lowest BCUT2D eigenvalue weighted by Crippen LogP contribution is -2.23. The number of para-hydroxylation sites is 2. The molecule has 6 nitrogen and oxygen atoms in total. The molecule has 0 unspecified atom stereocenters. The predicted octanol–water partition coefficient (Wildman–Crippen LogP) is 2.75. The number of carboxylic acid groups (broad SMARTS) is 1. The number of anilines is 1. The minimum Gasteiger partial charge on any atom is -0.478 e. The molecule has 0 fully saturated rings. The lowest BCUT2D eigenvalue weighted by atomic mass is 10.2. The summed E-state index contributed by atoms with van der Waals surface area (Å²) >= 11 is 0. The van der Waals surface area contributed by atoms with Gasteiger partial charge < -0.3 is 19.6 Å². The molecule has 1 aliphatic rings. The van der Waals surface area contributed by atoms with Gasteiger partial charge in [0.15, 0.2) is 11.5 Å². The first-order valence-electron chi connectivity index (χ1n) is 6.42. The summed E-state index contributed by atoms with van der Waals surface area (Å²) in [5.74, 6) is -0.0474. The van der Waals surface area contributed by atoms with Gasteiger partial charge in [0.1, 0.15) is 11.5 Å². The number of nitrogens with one attached hydrogen (secondary N) is 1. The van der Waals surface area contributed by atoms with E-state index in [2.05, 4.69) is 5.32 Å². The molecule has 0 saturated heterocycles. The molecule has 0 radical (unpaired) electrons. The number of fused-ring (bicyclic) bond motifs is 1. The highest BCUT2D eigenvalue weighted by Gasteiger charge is 2.21. The van der Waals surface area contributed by atoms with Crippen LogP contribution in [0.1, 0.15) is 11.5 Å². The zero-order valence-electron chi connectivity index (χ0n) is 11.3. The van der Waals surface area contributed by atoms with Crippen LogP contribution >= 0.6 is 0 Å². The average Bonchev–Trinajstić information content (AvgIpc) is 2.93. The second kappa shape index (κ2) is 5.61. The van der Waals surface area contributed by atoms with E-state index in [-0.39, 0.29) is 11.7 Å². The highest BCUT2D eigenvalue weighted by molar-refractivity contribution is 6.07. The highest BCUT2D eigenvalue weighted by Crippen LogP contribution is 2.30. The molecule has 3 rings (SSSR count). The van der Waals surface area contributed by atoms with E-state index < -0.39 is 5.97 Å². The van der Waals surface area contributed by atoms with Gasteiger partial charge >= 0.3 is 5.97 Å². The summed E-state index contributed by atoms with van der Waals surface area (Å²) in [6.45, 7) is 0. The number of benzene rings is 1. The van der Waals surface area contributed by atoms with Crippen LogP contribution in [0.15, 0.2) is 52.7 Å². The van der Waals surface area contributed by atoms with Crippen molar-refractivity contribution in [2.24, 2.45) is 0 Å². The lowest BCUT2D eigenvalue weighted by molar-refractivity contribution is -0.131. The second-order valence-corrected chi connectivity index (χ2v) is 4.47. The van der Waals surface area contributed by atoms with E-state index >= 15 is 0 Å². The molecule has 110 valence electrons. The van der Waals surface area contributed by atoms with Crippen LogP contribution in [0.2, 0.25) is 0 Å². The first-order valence-corrected chi connectivity index (χ1v) is 6.42. The minimum atomic E-state index is -1.07. The Kier molecular flexibility index (Phi) is 3.49. The van der Waals surface area contributed by atoms with Gasteiger partial charge in [-0.2, -0.15) is 0 Å². The minimum absolute atomic E-state index is 0.0989. The summed E-state index contributed by atoms with van der Waals surface area (Å²) in [4.78, 5) is 22.4. The Hall–Kier alpha value is -3.28. The summed E-state index contributed by atoms with van der Waals surface area (Å²) in [5, 5.41) is 11.3. The van der Waals surface area contributed by atoms with Crippen LogP contribution in [-0.4, -0.2) is 17.0 Å². The first kappa shape index (κ1) is 13.7. The molecule has 1 aliphatic heterocycles. The molecule has 2 N–H and O–H groups in total. The number of ether oxygens (including phenoxy) is 1. The molecule has 0 spiro atoms. The molecule has 2 aromatic rings. The van der Waals surface area contributed by atoms with Gasteiger partial charge in [-0.05, 0) is 30.3 Å². The van der Waals surface area contributed by atoms with Crippen molar-refractivity contribution in [3.63, 3.8) is 0 Å². The van der Waals surface area contributed by atoms with Crippen molar-refractivity contribution in [1.82, 2.24) is 0 Å². The summed E-state index contributed by atoms with van der Waals surface area (Å²) in [6.07, 6.45) is 3.74. The van der Waals surface area contributed by atoms with Crippen molar-refractivity contribution in [2.75, 3.05) is 5.32 Å². The van der Waals surface area contributed by atoms with Gasteiger partial charge in [0.25, 0.3) is 5.91 Å². The van der Waals surface area contributed by atoms with Crippen molar-refractivity contribution >= 4 is 29.7 Å². The van der Waals surface area contributed by atoms with Crippen molar-refractivity contribution in [1.29, 1.82) is 0 Å². The van der Waals surface area contributed by atoms with Crippen molar-refractivity contribution in [3.8, 4) is 5.75 Å². The SMILES string of the molecule is O=C(O)/C=C/c1ccc(/C=C2\Oc3ccccc3NC2=O)o1. The number of furan rings is 1. The van der Waals surface area contributed by atoms with Gasteiger partial charge in [-0.1, -0.05) is 12.1 Å². The Labute approximate surface area is 125 Å². The van der Waals surface area contributed by atoms with Gasteiger partial charge in [0.05, 0.1) is 5.69 Å². The van der Waals surface area contributed by atoms with E-state index in [9.17, 15) is 9.59 Å².